The predicted octanol–water partition coefficient (Wildman–Crippen LogP) is 3.46. The van der Waals surface area contributed by atoms with Gasteiger partial charge in [0.2, 0.25) is 5.91 Å². The number of benzene rings is 1. The number of pyridine rings is 1. The third-order valence-electron chi connectivity index (χ3n) is 3.55. The van der Waals surface area contributed by atoms with Crippen LogP contribution in [0.15, 0.2) is 48.8 Å². The van der Waals surface area contributed by atoms with Gasteiger partial charge in [-0.3, -0.25) is 14.5 Å². The monoisotopic (exact) mass is 308 g/mol. The van der Waals surface area contributed by atoms with E-state index in [2.05, 4.69) is 15.4 Å². The summed E-state index contributed by atoms with van der Waals surface area (Å²) in [7, 11) is 0. The summed E-state index contributed by atoms with van der Waals surface area (Å²) in [5, 5.41) is 8.36. The summed E-state index contributed by atoms with van der Waals surface area (Å²) in [6.07, 6.45) is 4.17. The summed E-state index contributed by atoms with van der Waals surface area (Å²) in [5.74, 6) is 0.916. The molecule has 1 N–H and O–H groups in total. The summed E-state index contributed by atoms with van der Waals surface area (Å²) >= 11 is 0. The molecule has 3 aromatic rings. The lowest BCUT2D eigenvalue weighted by atomic mass is 10.1. The zero-order valence-electron chi connectivity index (χ0n) is 13.4. The number of hydrogen-bond donors (Lipinski definition) is 1. The molecule has 0 fully saturated rings. The van der Waals surface area contributed by atoms with E-state index >= 15 is 0 Å². The fourth-order valence-corrected chi connectivity index (χ4v) is 2.55. The molecule has 3 rings (SSSR count). The standard InChI is InChI=1S/C18H20N4O/c1-13(2)11-17(23)20-16-8-10-22(21-16)12-15-6-3-5-14-7-4-9-19-18(14)15/h3-10,13H,11-12H2,1-2H3,(H,20,21,23). The number of nitrogens with one attached hydrogen (secondary N) is 1. The first-order valence-corrected chi connectivity index (χ1v) is 7.78. The van der Waals surface area contributed by atoms with Gasteiger partial charge in [0, 0.05) is 30.3 Å². The second kappa shape index (κ2) is 6.60. The first-order valence-electron chi connectivity index (χ1n) is 7.78. The number of anilines is 1. The van der Waals surface area contributed by atoms with Crippen LogP contribution in [0.3, 0.4) is 0 Å². The van der Waals surface area contributed by atoms with Gasteiger partial charge >= 0.3 is 0 Å². The maximum Gasteiger partial charge on any atom is 0.225 e. The van der Waals surface area contributed by atoms with E-state index < -0.39 is 0 Å². The highest BCUT2D eigenvalue weighted by molar-refractivity contribution is 5.89. The zero-order chi connectivity index (χ0) is 16.2. The van der Waals surface area contributed by atoms with Crippen LogP contribution in [0.1, 0.15) is 25.8 Å². The summed E-state index contributed by atoms with van der Waals surface area (Å²) in [5.41, 5.74) is 2.09. The molecular weight excluding hydrogens is 288 g/mol. The fourth-order valence-electron chi connectivity index (χ4n) is 2.55. The number of aromatic nitrogens is 3. The molecule has 118 valence electrons. The highest BCUT2D eigenvalue weighted by Gasteiger charge is 2.08. The van der Waals surface area contributed by atoms with E-state index in [1.165, 1.54) is 0 Å². The van der Waals surface area contributed by atoms with Crippen LogP contribution in [0.5, 0.6) is 0 Å². The van der Waals surface area contributed by atoms with Gasteiger partial charge in [-0.1, -0.05) is 38.1 Å². The van der Waals surface area contributed by atoms with Crippen LogP contribution < -0.4 is 5.32 Å². The third-order valence-corrected chi connectivity index (χ3v) is 3.55. The first kappa shape index (κ1) is 15.2. The van der Waals surface area contributed by atoms with Crippen LogP contribution in [-0.4, -0.2) is 20.7 Å². The van der Waals surface area contributed by atoms with Crippen molar-refractivity contribution < 1.29 is 4.79 Å². The van der Waals surface area contributed by atoms with Crippen molar-refractivity contribution in [3.63, 3.8) is 0 Å². The Hall–Kier alpha value is -2.69. The average molecular weight is 308 g/mol. The van der Waals surface area contributed by atoms with Crippen molar-refractivity contribution in [2.24, 2.45) is 5.92 Å². The normalized spacial score (nSPS) is 11.1. The van der Waals surface area contributed by atoms with Crippen LogP contribution in [0.2, 0.25) is 0 Å². The number of nitrogens with zero attached hydrogens (tertiary/aromatic N) is 3. The van der Waals surface area contributed by atoms with E-state index in [4.69, 9.17) is 0 Å². The molecule has 2 heterocycles. The highest BCUT2D eigenvalue weighted by Crippen LogP contribution is 2.17. The number of carbonyl (C=O) groups excluding carboxylic acids is 1. The molecule has 2 aromatic heterocycles. The quantitative estimate of drug-likeness (QED) is 0.785. The molecule has 1 aromatic carbocycles. The van der Waals surface area contributed by atoms with E-state index in [0.717, 1.165) is 16.5 Å². The van der Waals surface area contributed by atoms with Gasteiger partial charge in [-0.15, -0.1) is 0 Å². The molecule has 5 heteroatoms. The summed E-state index contributed by atoms with van der Waals surface area (Å²) in [4.78, 5) is 16.2. The van der Waals surface area contributed by atoms with Crippen molar-refractivity contribution in [1.82, 2.24) is 14.8 Å². The molecule has 23 heavy (non-hydrogen) atoms. The Morgan fingerprint density at radius 1 is 1.22 bits per heavy atom. The molecule has 0 unspecified atom stereocenters. The first-order chi connectivity index (χ1) is 11.1. The van der Waals surface area contributed by atoms with E-state index in [1.54, 1.807) is 6.20 Å². The summed E-state index contributed by atoms with van der Waals surface area (Å²) < 4.78 is 1.81. The van der Waals surface area contributed by atoms with Gasteiger partial charge in [0.1, 0.15) is 0 Å². The van der Waals surface area contributed by atoms with Gasteiger partial charge < -0.3 is 5.32 Å². The number of fused-ring (bicyclic) bond motifs is 1. The molecule has 5 nitrogen and oxygen atoms in total. The van der Waals surface area contributed by atoms with Crippen molar-refractivity contribution in [3.8, 4) is 0 Å². The van der Waals surface area contributed by atoms with Gasteiger partial charge in [-0.2, -0.15) is 5.10 Å². The van der Waals surface area contributed by atoms with Crippen molar-refractivity contribution in [2.75, 3.05) is 5.32 Å². The van der Waals surface area contributed by atoms with Gasteiger partial charge in [0.15, 0.2) is 5.82 Å². The Morgan fingerprint density at radius 3 is 2.87 bits per heavy atom. The lowest BCUT2D eigenvalue weighted by Gasteiger charge is -2.06. The van der Waals surface area contributed by atoms with Crippen LogP contribution in [0.4, 0.5) is 5.82 Å². The lowest BCUT2D eigenvalue weighted by molar-refractivity contribution is -0.116. The molecule has 0 atom stereocenters. The predicted molar refractivity (Wildman–Crippen MR) is 91.2 cm³/mol. The van der Waals surface area contributed by atoms with Crippen LogP contribution in [-0.2, 0) is 11.3 Å². The number of para-hydroxylation sites is 1. The third kappa shape index (κ3) is 3.74. The Balaban J connectivity index is 1.75. The fraction of sp³-hybridized carbons (Fsp3) is 0.278. The van der Waals surface area contributed by atoms with Gasteiger partial charge in [0.05, 0.1) is 12.1 Å². The smallest absolute Gasteiger partial charge is 0.225 e. The maximum atomic E-state index is 11.8. The number of hydrogen-bond acceptors (Lipinski definition) is 3. The summed E-state index contributed by atoms with van der Waals surface area (Å²) in [6.45, 7) is 4.66. The minimum absolute atomic E-state index is 0.00271. The lowest BCUT2D eigenvalue weighted by Crippen LogP contribution is -2.14. The molecule has 0 saturated heterocycles. The number of carbonyl (C=O) groups is 1. The average Bonchev–Trinajstić information content (AvgIpc) is 2.94. The molecule has 0 aliphatic rings. The van der Waals surface area contributed by atoms with Gasteiger partial charge in [0.25, 0.3) is 0 Å². The van der Waals surface area contributed by atoms with Crippen LogP contribution >= 0.6 is 0 Å². The molecular formula is C18H20N4O. The largest absolute Gasteiger partial charge is 0.309 e. The van der Waals surface area contributed by atoms with E-state index in [0.29, 0.717) is 24.7 Å². The molecule has 0 bridgehead atoms. The molecule has 0 saturated carbocycles. The molecule has 0 radical (unpaired) electrons. The second-order valence-electron chi connectivity index (χ2n) is 6.04. The topological polar surface area (TPSA) is 59.8 Å². The number of rotatable bonds is 5. The van der Waals surface area contributed by atoms with Crippen molar-refractivity contribution >= 4 is 22.6 Å². The Bertz CT molecular complexity index is 817. The van der Waals surface area contributed by atoms with Gasteiger partial charge in [-0.25, -0.2) is 0 Å². The molecule has 0 aliphatic heterocycles. The van der Waals surface area contributed by atoms with E-state index in [9.17, 15) is 4.79 Å². The molecule has 1 amide bonds. The maximum absolute atomic E-state index is 11.8. The SMILES string of the molecule is CC(C)CC(=O)Nc1ccn(Cc2cccc3cccnc23)n1. The van der Waals surface area contributed by atoms with E-state index in [1.807, 2.05) is 61.1 Å². The summed E-state index contributed by atoms with van der Waals surface area (Å²) in [6, 6.07) is 11.9. The van der Waals surface area contributed by atoms with Crippen molar-refractivity contribution in [2.45, 2.75) is 26.8 Å². The minimum Gasteiger partial charge on any atom is -0.309 e. The van der Waals surface area contributed by atoms with Crippen molar-refractivity contribution in [1.29, 1.82) is 0 Å². The minimum atomic E-state index is -0.00271. The Labute approximate surface area is 135 Å². The van der Waals surface area contributed by atoms with Crippen LogP contribution in [0.25, 0.3) is 10.9 Å². The van der Waals surface area contributed by atoms with Gasteiger partial charge in [-0.05, 0) is 17.5 Å². The second-order valence-corrected chi connectivity index (χ2v) is 6.04. The van der Waals surface area contributed by atoms with Crippen LogP contribution in [0, 0.1) is 5.92 Å². The zero-order valence-corrected chi connectivity index (χ0v) is 13.4. The van der Waals surface area contributed by atoms with Crippen molar-refractivity contribution in [3.05, 3.63) is 54.4 Å². The number of amides is 1. The molecule has 0 aliphatic carbocycles. The Kier molecular flexibility index (Phi) is 4.37. The molecule has 0 spiro atoms. The Morgan fingerprint density at radius 2 is 2.04 bits per heavy atom. The van der Waals surface area contributed by atoms with E-state index in [-0.39, 0.29) is 5.91 Å². The highest BCUT2D eigenvalue weighted by atomic mass is 16.1.